The lowest BCUT2D eigenvalue weighted by Gasteiger charge is -2.37. The number of benzene rings is 2. The third-order valence-electron chi connectivity index (χ3n) is 11.8. The van der Waals surface area contributed by atoms with Crippen molar-refractivity contribution in [3.63, 3.8) is 0 Å². The summed E-state index contributed by atoms with van der Waals surface area (Å²) in [5.74, 6) is -1.73. The molecule has 6 atom stereocenters. The largest absolute Gasteiger partial charge is 0.404 e. The Morgan fingerprint density at radius 2 is 1.52 bits per heavy atom. The van der Waals surface area contributed by atoms with Gasteiger partial charge in [0.2, 0.25) is 17.9 Å². The Kier molecular flexibility index (Phi) is 16.1. The predicted octanol–water partition coefficient (Wildman–Crippen LogP) is 8.71. The molecule has 65 heavy (non-hydrogen) atoms. The minimum atomic E-state index is -5.30. The number of fused-ring (bicyclic) bond motifs is 2. The van der Waals surface area contributed by atoms with Gasteiger partial charge in [0.05, 0.1) is 36.7 Å². The summed E-state index contributed by atoms with van der Waals surface area (Å²) in [6, 6.07) is 11.7. The summed E-state index contributed by atoms with van der Waals surface area (Å²) in [5, 5.41) is 13.5. The van der Waals surface area contributed by atoms with Crippen molar-refractivity contribution in [2.45, 2.75) is 115 Å². The van der Waals surface area contributed by atoms with Gasteiger partial charge < -0.3 is 34.1 Å². The minimum Gasteiger partial charge on any atom is -0.393 e. The van der Waals surface area contributed by atoms with Crippen LogP contribution in [0.25, 0.3) is 14.9 Å². The van der Waals surface area contributed by atoms with Gasteiger partial charge in [0.25, 0.3) is 5.91 Å². The molecule has 0 radical (unpaired) electrons. The Bertz CT molecular complexity index is 2310. The Labute approximate surface area is 391 Å². The fourth-order valence-electron chi connectivity index (χ4n) is 8.20. The van der Waals surface area contributed by atoms with Crippen molar-refractivity contribution >= 4 is 80.5 Å². The summed E-state index contributed by atoms with van der Waals surface area (Å²) >= 11 is 2.72. The lowest BCUT2D eigenvalue weighted by Crippen LogP contribution is -2.57. The van der Waals surface area contributed by atoms with Gasteiger partial charge in [-0.05, 0) is 54.8 Å². The number of amides is 3. The average molecular weight is 975 g/mol. The number of thiophene rings is 1. The van der Waals surface area contributed by atoms with Crippen LogP contribution < -0.4 is 5.32 Å². The maximum Gasteiger partial charge on any atom is 0.404 e. The van der Waals surface area contributed by atoms with Crippen molar-refractivity contribution in [2.75, 3.05) is 37.8 Å². The molecule has 3 amide bonds. The van der Waals surface area contributed by atoms with E-state index >= 15 is 8.78 Å². The lowest BCUT2D eigenvalue weighted by molar-refractivity contribution is -0.147. The second-order valence-corrected chi connectivity index (χ2v) is 24.1. The first kappa shape index (κ1) is 50.7. The number of alkyl halides is 2. The van der Waals surface area contributed by atoms with E-state index in [0.717, 1.165) is 52.6 Å². The van der Waals surface area contributed by atoms with Gasteiger partial charge in [-0.25, -0.2) is 6.57 Å². The van der Waals surface area contributed by atoms with E-state index < -0.39 is 78.9 Å². The van der Waals surface area contributed by atoms with Crippen molar-refractivity contribution in [1.29, 1.82) is 0 Å². The molecule has 0 bridgehead atoms. The lowest BCUT2D eigenvalue weighted by atomic mass is 9.95. The number of nitrogens with zero attached hydrogens (tertiary/aromatic N) is 3. The van der Waals surface area contributed by atoms with E-state index in [-0.39, 0.29) is 62.8 Å². The van der Waals surface area contributed by atoms with Gasteiger partial charge in [-0.1, -0.05) is 101 Å². The number of hydrogen-bond acceptors (Lipinski definition) is 12. The quantitative estimate of drug-likeness (QED) is 0.0903. The second kappa shape index (κ2) is 20.7. The van der Waals surface area contributed by atoms with E-state index in [2.05, 4.69) is 10.2 Å². The third-order valence-corrected chi connectivity index (χ3v) is 17.4. The van der Waals surface area contributed by atoms with Crippen LogP contribution in [0.1, 0.15) is 100 Å². The normalized spacial score (nSPS) is 23.2. The first-order chi connectivity index (χ1) is 30.5. The zero-order valence-electron chi connectivity index (χ0n) is 37.4. The standard InChI is InChI=1S/C46H57F2N4O9PS3/c1-44(2,3)42(57)63-21-19-60-62(59,61-20-22-64-43(58)45(4,5)6)46(47,48)30-13-18-37-29(23-30)24-38(65-37)39(54)50-34-25-32(53)16-14-31-15-17-36(52(31)40(34)55)41(56)51-26-33(35(27-51)49-7)28-11-9-8-10-12-28/h8-13,18,23-24,31-36,53H,14-17,19-22,25-27H2,1-6H3,(H,50,54)/t31-,32-,33-,34-,35+,36-/m0/s1. The van der Waals surface area contributed by atoms with Gasteiger partial charge in [-0.15, -0.1) is 11.3 Å². The van der Waals surface area contributed by atoms with Gasteiger partial charge in [0.1, 0.15) is 12.1 Å². The van der Waals surface area contributed by atoms with Gasteiger partial charge in [0, 0.05) is 51.6 Å². The van der Waals surface area contributed by atoms with Crippen LogP contribution in [0.2, 0.25) is 0 Å². The van der Waals surface area contributed by atoms with Crippen molar-refractivity contribution < 1.29 is 51.5 Å². The maximum absolute atomic E-state index is 16.5. The van der Waals surface area contributed by atoms with Crippen molar-refractivity contribution in [3.8, 4) is 0 Å². The van der Waals surface area contributed by atoms with Gasteiger partial charge in [-0.3, -0.25) is 28.5 Å². The number of likely N-dealkylation sites (tertiary alicyclic amines) is 1. The molecule has 3 aromatic rings. The van der Waals surface area contributed by atoms with E-state index in [4.69, 9.17) is 15.6 Å². The number of carbonyl (C=O) groups excluding carboxylic acids is 5. The Balaban J connectivity index is 1.18. The molecule has 1 aromatic heterocycles. The fraction of sp³-hybridized carbons (Fsp3) is 0.565. The highest BCUT2D eigenvalue weighted by Gasteiger charge is 2.55. The first-order valence-corrected chi connectivity index (χ1v) is 26.0. The SMILES string of the molecule is [C-]#[N+][C@@H]1CN(C(=O)[C@@H]2CC[C@@H]3CC[C@H](O)C[C@H](NC(=O)c4cc5cc(C(F)(F)P(=O)(OCCSC(=O)C(C)(C)C)OCCSC(=O)C(C)(C)C)ccc5s4)C(=O)N32)C[C@H]1c1ccccc1. The summed E-state index contributed by atoms with van der Waals surface area (Å²) in [6.07, 6.45) is 0.756. The average Bonchev–Trinajstić information content (AvgIpc) is 4.01. The Hall–Kier alpha value is -3.69. The smallest absolute Gasteiger partial charge is 0.393 e. The van der Waals surface area contributed by atoms with Crippen LogP contribution in [0.5, 0.6) is 0 Å². The molecule has 3 aliphatic heterocycles. The molecule has 3 saturated heterocycles. The molecular weight excluding hydrogens is 918 g/mol. The monoisotopic (exact) mass is 974 g/mol. The number of aliphatic hydroxyl groups is 1. The molecule has 3 aliphatic rings. The Morgan fingerprint density at radius 1 is 0.908 bits per heavy atom. The predicted molar refractivity (Wildman–Crippen MR) is 250 cm³/mol. The summed E-state index contributed by atoms with van der Waals surface area (Å²) in [5.41, 5.74) is -5.33. The molecule has 19 heteroatoms. The number of rotatable bonds is 14. The fourth-order valence-corrected chi connectivity index (χ4v) is 12.5. The summed E-state index contributed by atoms with van der Waals surface area (Å²) in [7, 11) is -5.30. The third kappa shape index (κ3) is 11.7. The minimum absolute atomic E-state index is 0.0634. The highest BCUT2D eigenvalue weighted by atomic mass is 32.2. The van der Waals surface area contributed by atoms with Crippen LogP contribution in [0.15, 0.2) is 54.6 Å². The number of aliphatic hydroxyl groups excluding tert-OH is 1. The second-order valence-electron chi connectivity index (χ2n) is 18.8. The van der Waals surface area contributed by atoms with Crippen LogP contribution >= 0.6 is 42.5 Å². The van der Waals surface area contributed by atoms with Crippen LogP contribution in [0.4, 0.5) is 8.78 Å². The van der Waals surface area contributed by atoms with Crippen molar-refractivity contribution in [2.24, 2.45) is 10.8 Å². The molecule has 352 valence electrons. The van der Waals surface area contributed by atoms with E-state index in [1.54, 1.807) is 51.3 Å². The van der Waals surface area contributed by atoms with Gasteiger partial charge in [-0.2, -0.15) is 8.78 Å². The number of hydrogen-bond donors (Lipinski definition) is 2. The maximum atomic E-state index is 16.5. The van der Waals surface area contributed by atoms with E-state index in [9.17, 15) is 33.6 Å². The first-order valence-electron chi connectivity index (χ1n) is 21.7. The highest BCUT2D eigenvalue weighted by molar-refractivity contribution is 8.14. The summed E-state index contributed by atoms with van der Waals surface area (Å²) in [4.78, 5) is 74.5. The van der Waals surface area contributed by atoms with Gasteiger partial charge >= 0.3 is 13.3 Å². The van der Waals surface area contributed by atoms with Crippen molar-refractivity contribution in [1.82, 2.24) is 15.1 Å². The van der Waals surface area contributed by atoms with Crippen LogP contribution in [0.3, 0.4) is 0 Å². The molecule has 0 unspecified atom stereocenters. The van der Waals surface area contributed by atoms with Crippen LogP contribution in [-0.4, -0.2) is 111 Å². The molecule has 4 heterocycles. The molecule has 2 aromatic carbocycles. The van der Waals surface area contributed by atoms with Crippen LogP contribution in [0, 0.1) is 17.4 Å². The number of carbonyl (C=O) groups is 5. The highest BCUT2D eigenvalue weighted by Crippen LogP contribution is 2.67. The molecule has 3 fully saturated rings. The van der Waals surface area contributed by atoms with Crippen LogP contribution in [-0.2, 0) is 38.5 Å². The van der Waals surface area contributed by atoms with E-state index in [0.29, 0.717) is 36.9 Å². The topological polar surface area (TPSA) is 164 Å². The molecular formula is C46H57F2N4O9PS3. The molecule has 0 aliphatic carbocycles. The van der Waals surface area contributed by atoms with E-state index in [1.807, 2.05) is 30.3 Å². The summed E-state index contributed by atoms with van der Waals surface area (Å²) in [6.45, 7) is 17.7. The zero-order chi connectivity index (χ0) is 47.5. The molecule has 2 N–H and O–H groups in total. The summed E-state index contributed by atoms with van der Waals surface area (Å²) < 4.78 is 58.2. The molecule has 13 nitrogen and oxygen atoms in total. The number of nitrogens with one attached hydrogen (secondary N) is 1. The van der Waals surface area contributed by atoms with Gasteiger partial charge in [0.15, 0.2) is 10.2 Å². The van der Waals surface area contributed by atoms with Crippen molar-refractivity contribution in [3.05, 3.63) is 82.0 Å². The number of thioether (sulfide) groups is 2. The number of halogens is 2. The molecule has 0 saturated carbocycles. The molecule has 6 rings (SSSR count). The Morgan fingerprint density at radius 3 is 2.12 bits per heavy atom. The zero-order valence-corrected chi connectivity index (χ0v) is 40.8. The van der Waals surface area contributed by atoms with E-state index in [1.165, 1.54) is 12.1 Å². The molecule has 0 spiro atoms.